The maximum Gasteiger partial charge on any atom is 0.345 e. The first-order valence-electron chi connectivity index (χ1n) is 5.32. The molecular weight excluding hydrogens is 231 g/mol. The van der Waals surface area contributed by atoms with Gasteiger partial charge in [0.25, 0.3) is 0 Å². The van der Waals surface area contributed by atoms with Crippen molar-refractivity contribution in [2.24, 2.45) is 11.8 Å². The van der Waals surface area contributed by atoms with Crippen molar-refractivity contribution >= 4 is 11.9 Å². The van der Waals surface area contributed by atoms with Crippen LogP contribution in [0.25, 0.3) is 0 Å². The molecule has 2 fully saturated rings. The van der Waals surface area contributed by atoms with E-state index in [-0.39, 0.29) is 19.4 Å². The zero-order valence-corrected chi connectivity index (χ0v) is 9.06. The average Bonchev–Trinajstić information content (AvgIpc) is 2.62. The Morgan fingerprint density at radius 1 is 1.47 bits per heavy atom. The zero-order chi connectivity index (χ0) is 12.8. The highest BCUT2D eigenvalue weighted by molar-refractivity contribution is 5.89. The Morgan fingerprint density at radius 2 is 2.12 bits per heavy atom. The predicted octanol–water partition coefficient (Wildman–Crippen LogP) is 0.845. The monoisotopic (exact) mass is 244 g/mol. The second-order valence-electron chi connectivity index (χ2n) is 4.43. The molecule has 0 aromatic heterocycles. The normalized spacial score (nSPS) is 42.9. The van der Waals surface area contributed by atoms with Crippen LogP contribution in [0.15, 0.2) is 12.7 Å². The van der Waals surface area contributed by atoms with E-state index in [9.17, 15) is 14.0 Å². The molecule has 6 heteroatoms. The van der Waals surface area contributed by atoms with E-state index in [2.05, 4.69) is 6.58 Å². The average molecular weight is 244 g/mol. The van der Waals surface area contributed by atoms with Crippen LogP contribution in [0, 0.1) is 11.8 Å². The maximum atomic E-state index is 14.3. The molecule has 17 heavy (non-hydrogen) atoms. The SMILES string of the molecule is C=CCOC12C(C(=O)O)CCC1C2(F)C(=O)O. The van der Waals surface area contributed by atoms with E-state index in [1.807, 2.05) is 0 Å². The number of alkyl halides is 1. The van der Waals surface area contributed by atoms with Crippen LogP contribution in [0.5, 0.6) is 0 Å². The summed E-state index contributed by atoms with van der Waals surface area (Å²) in [6.07, 6.45) is 1.82. The van der Waals surface area contributed by atoms with E-state index in [1.165, 1.54) is 6.08 Å². The van der Waals surface area contributed by atoms with Crippen LogP contribution in [-0.4, -0.2) is 40.0 Å². The van der Waals surface area contributed by atoms with Gasteiger partial charge in [0, 0.05) is 5.92 Å². The van der Waals surface area contributed by atoms with Crippen LogP contribution in [0.2, 0.25) is 0 Å². The van der Waals surface area contributed by atoms with Crippen molar-refractivity contribution in [1.82, 2.24) is 0 Å². The fourth-order valence-electron chi connectivity index (χ4n) is 3.09. The number of aliphatic carboxylic acids is 2. The minimum absolute atomic E-state index is 0.0563. The predicted molar refractivity (Wildman–Crippen MR) is 54.2 cm³/mol. The number of carboxylic acids is 2. The molecule has 0 aliphatic heterocycles. The third-order valence-corrected chi connectivity index (χ3v) is 3.79. The molecule has 4 atom stereocenters. The molecule has 0 bridgehead atoms. The molecule has 2 N–H and O–H groups in total. The zero-order valence-electron chi connectivity index (χ0n) is 9.06. The Hall–Kier alpha value is -1.43. The second-order valence-corrected chi connectivity index (χ2v) is 4.43. The van der Waals surface area contributed by atoms with Gasteiger partial charge in [-0.3, -0.25) is 4.79 Å². The van der Waals surface area contributed by atoms with E-state index in [0.717, 1.165) is 0 Å². The maximum absolute atomic E-state index is 14.3. The lowest BCUT2D eigenvalue weighted by Crippen LogP contribution is -2.41. The van der Waals surface area contributed by atoms with E-state index in [0.29, 0.717) is 0 Å². The van der Waals surface area contributed by atoms with Crippen molar-refractivity contribution in [3.8, 4) is 0 Å². The summed E-state index contributed by atoms with van der Waals surface area (Å²) in [5, 5.41) is 17.9. The first kappa shape index (κ1) is 12.0. The lowest BCUT2D eigenvalue weighted by Gasteiger charge is -2.22. The number of halogens is 1. The van der Waals surface area contributed by atoms with Gasteiger partial charge < -0.3 is 14.9 Å². The molecule has 0 aromatic carbocycles. The molecule has 2 aliphatic rings. The van der Waals surface area contributed by atoms with Crippen LogP contribution in [0.3, 0.4) is 0 Å². The van der Waals surface area contributed by atoms with Gasteiger partial charge in [-0.1, -0.05) is 6.08 Å². The fourth-order valence-corrected chi connectivity index (χ4v) is 3.09. The molecular formula is C11H13FO5. The fraction of sp³-hybridized carbons (Fsp3) is 0.636. The van der Waals surface area contributed by atoms with Gasteiger partial charge in [-0.25, -0.2) is 9.18 Å². The van der Waals surface area contributed by atoms with Gasteiger partial charge in [-0.15, -0.1) is 6.58 Å². The molecule has 2 saturated carbocycles. The Labute approximate surface area is 96.9 Å². The number of hydrogen-bond acceptors (Lipinski definition) is 3. The van der Waals surface area contributed by atoms with E-state index in [4.69, 9.17) is 14.9 Å². The number of fused-ring (bicyclic) bond motifs is 1. The van der Waals surface area contributed by atoms with Crippen molar-refractivity contribution in [3.63, 3.8) is 0 Å². The molecule has 0 heterocycles. The highest BCUT2D eigenvalue weighted by Gasteiger charge is 2.90. The van der Waals surface area contributed by atoms with E-state index in [1.54, 1.807) is 0 Å². The van der Waals surface area contributed by atoms with Gasteiger partial charge in [0.2, 0.25) is 5.67 Å². The van der Waals surface area contributed by atoms with Crippen molar-refractivity contribution in [3.05, 3.63) is 12.7 Å². The molecule has 94 valence electrons. The summed E-state index contributed by atoms with van der Waals surface area (Å²) in [7, 11) is 0. The van der Waals surface area contributed by atoms with Crippen molar-refractivity contribution in [2.45, 2.75) is 24.1 Å². The van der Waals surface area contributed by atoms with Crippen molar-refractivity contribution in [1.29, 1.82) is 0 Å². The van der Waals surface area contributed by atoms with E-state index < -0.39 is 35.0 Å². The van der Waals surface area contributed by atoms with Crippen LogP contribution < -0.4 is 0 Å². The molecule has 0 saturated heterocycles. The minimum atomic E-state index is -2.57. The van der Waals surface area contributed by atoms with Gasteiger partial charge in [0.15, 0.2) is 0 Å². The van der Waals surface area contributed by atoms with Gasteiger partial charge in [0.1, 0.15) is 5.60 Å². The Kier molecular flexibility index (Phi) is 2.50. The van der Waals surface area contributed by atoms with Gasteiger partial charge in [0.05, 0.1) is 12.5 Å². The summed E-state index contributed by atoms with van der Waals surface area (Å²) in [5.74, 6) is -4.82. The smallest absolute Gasteiger partial charge is 0.345 e. The Morgan fingerprint density at radius 3 is 2.53 bits per heavy atom. The van der Waals surface area contributed by atoms with Crippen molar-refractivity contribution in [2.75, 3.05) is 6.61 Å². The molecule has 4 unspecified atom stereocenters. The third kappa shape index (κ3) is 1.21. The number of hydrogen-bond donors (Lipinski definition) is 2. The lowest BCUT2D eigenvalue weighted by atomic mass is 9.95. The molecule has 0 aromatic rings. The minimum Gasteiger partial charge on any atom is -0.481 e. The van der Waals surface area contributed by atoms with Gasteiger partial charge >= 0.3 is 11.9 Å². The highest BCUT2D eigenvalue weighted by Crippen LogP contribution is 2.71. The van der Waals surface area contributed by atoms with Crippen molar-refractivity contribution < 1.29 is 28.9 Å². The first-order chi connectivity index (χ1) is 7.92. The number of ether oxygens (including phenoxy) is 1. The Bertz CT molecular complexity index is 395. The molecule has 2 rings (SSSR count). The summed E-state index contributed by atoms with van der Waals surface area (Å²) >= 11 is 0. The lowest BCUT2D eigenvalue weighted by molar-refractivity contribution is -0.158. The molecule has 0 spiro atoms. The third-order valence-electron chi connectivity index (χ3n) is 3.79. The standard InChI is InChI=1S/C11H13FO5/c1-2-5-17-11-6(8(13)14)3-4-7(11)10(11,12)9(15)16/h2,6-7H,1,3-5H2,(H,13,14)(H,15,16). The van der Waals surface area contributed by atoms with E-state index >= 15 is 0 Å². The summed E-state index contributed by atoms with van der Waals surface area (Å²) in [6, 6.07) is 0. The number of carbonyl (C=O) groups is 2. The second kappa shape index (κ2) is 3.53. The van der Waals surface area contributed by atoms with Crippen LogP contribution >= 0.6 is 0 Å². The largest absolute Gasteiger partial charge is 0.481 e. The van der Waals surface area contributed by atoms with Crippen LogP contribution in [0.4, 0.5) is 4.39 Å². The Balaban J connectivity index is 2.34. The van der Waals surface area contributed by atoms with Crippen LogP contribution in [0.1, 0.15) is 12.8 Å². The summed E-state index contributed by atoms with van der Waals surface area (Å²) in [5.41, 5.74) is -4.28. The summed E-state index contributed by atoms with van der Waals surface area (Å²) in [4.78, 5) is 22.0. The number of rotatable bonds is 5. The topological polar surface area (TPSA) is 83.8 Å². The number of carboxylic acid groups (broad SMARTS) is 2. The molecule has 5 nitrogen and oxygen atoms in total. The molecule has 2 aliphatic carbocycles. The molecule has 0 radical (unpaired) electrons. The first-order valence-corrected chi connectivity index (χ1v) is 5.32. The quantitative estimate of drug-likeness (QED) is 0.700. The van der Waals surface area contributed by atoms with Gasteiger partial charge in [-0.2, -0.15) is 0 Å². The van der Waals surface area contributed by atoms with Gasteiger partial charge in [-0.05, 0) is 12.8 Å². The molecule has 0 amide bonds. The summed E-state index contributed by atoms with van der Waals surface area (Å²) < 4.78 is 19.5. The van der Waals surface area contributed by atoms with Crippen LogP contribution in [-0.2, 0) is 14.3 Å². The summed E-state index contributed by atoms with van der Waals surface area (Å²) in [6.45, 7) is 3.34. The highest BCUT2D eigenvalue weighted by atomic mass is 19.1.